The number of rotatable bonds is 16. The van der Waals surface area contributed by atoms with Crippen LogP contribution < -0.4 is 38.3 Å². The van der Waals surface area contributed by atoms with Gasteiger partial charge in [-0.2, -0.15) is 15.1 Å². The summed E-state index contributed by atoms with van der Waals surface area (Å²) in [6.07, 6.45) is 12.9. The molecule has 0 unspecified atom stereocenters. The smallest absolute Gasteiger partial charge is 0.261 e. The van der Waals surface area contributed by atoms with Gasteiger partial charge in [-0.3, -0.25) is 19.4 Å². The van der Waals surface area contributed by atoms with E-state index >= 15 is 0 Å². The molecule has 0 aliphatic heterocycles. The molecule has 0 fully saturated rings. The van der Waals surface area contributed by atoms with Crippen molar-refractivity contribution in [2.45, 2.75) is 114 Å². The molecule has 91 heavy (non-hydrogen) atoms. The molecule has 0 aliphatic carbocycles. The van der Waals surface area contributed by atoms with Gasteiger partial charge in [-0.05, 0) is 160 Å². The number of carbonyl (C=O) groups excluding carboxylic acids is 3. The van der Waals surface area contributed by atoms with Crippen molar-refractivity contribution >= 4 is 144 Å². The number of carbonyl (C=O) groups is 3. The fourth-order valence-electron chi connectivity index (χ4n) is 8.83. The van der Waals surface area contributed by atoms with E-state index in [0.717, 1.165) is 120 Å². The SMILES string of the molecule is CCN.CCc1cccc(CC)c1N.CCc1cccc(CC)c1NC(=O)c1cnc(Cl)nc1Cl.CCc1cccc(CC)c1NC(=O)c1cnc(Cl)nc1N(C)N.CCc1cccc(CC)c1Nc1nn(C)c2nc(Cl)ncc12.O=C(Cl)c1cnc(Cl)nc1Cl. The average molecular weight is 1380 g/mol. The van der Waals surface area contributed by atoms with Crippen LogP contribution in [0.15, 0.2) is 97.6 Å². The number of aryl methyl sites for hydroxylation is 9. The first kappa shape index (κ1) is 76.1. The number of hydrogen-bond donors (Lipinski definition) is 6. The van der Waals surface area contributed by atoms with Gasteiger partial charge in [-0.1, -0.05) is 158 Å². The second-order valence-corrected chi connectivity index (χ2v) is 21.8. The number of amides is 2. The fraction of sp³-hybridized carbons (Fsp3) is 0.312. The quantitative estimate of drug-likeness (QED) is 0.0131. The maximum atomic E-state index is 12.7. The number of benzene rings is 4. The van der Waals surface area contributed by atoms with Gasteiger partial charge in [-0.15, -0.1) is 0 Å². The van der Waals surface area contributed by atoms with Crippen molar-refractivity contribution in [2.24, 2.45) is 18.6 Å². The zero-order valence-electron chi connectivity index (χ0n) is 52.6. The lowest BCUT2D eigenvalue weighted by Crippen LogP contribution is -2.29. The molecule has 4 aromatic carbocycles. The highest BCUT2D eigenvalue weighted by atomic mass is 35.5. The number of fused-ring (bicyclic) bond motifs is 1. The molecule has 9 rings (SSSR count). The standard InChI is InChI=1S/C16H20ClN5O.C16H18ClN5.C15H15Cl2N3O.C10H15N.C5HCl3N2O.C2H7N/c1-4-10-7-6-8-11(5-2)13(10)20-15(23)12-9-19-16(17)21-14(12)22(3)18;1-4-10-7-6-8-11(5-2)13(10)19-14-12-9-18-16(17)20-15(12)22(3)21-14;1-3-9-6-5-7-10(4-2)12(9)19-14(21)11-8-18-15(17)20-13(11)16;1-3-8-6-5-7-9(4-2)10(8)11;6-3-2(4(7)11)1-9-5(8)10-3;1-2-3/h6-9H,4-5,18H2,1-3H3,(H,20,23);6-9H,4-5H2,1-3H3,(H,19,21);5-8H,3-4H2,1-2H3,(H,19,21);5-7H,3-4,11H2,1-2H3;1H;2-3H2,1H3. The van der Waals surface area contributed by atoms with Gasteiger partial charge in [0.15, 0.2) is 17.3 Å². The van der Waals surface area contributed by atoms with Gasteiger partial charge in [-0.25, -0.2) is 40.4 Å². The highest BCUT2D eigenvalue weighted by molar-refractivity contribution is 6.68. The van der Waals surface area contributed by atoms with Gasteiger partial charge in [0.05, 0.1) is 16.5 Å². The van der Waals surface area contributed by atoms with Crippen molar-refractivity contribution < 1.29 is 14.4 Å². The van der Waals surface area contributed by atoms with E-state index in [1.165, 1.54) is 45.9 Å². The minimum Gasteiger partial charge on any atom is -0.398 e. The minimum absolute atomic E-state index is 0.0137. The van der Waals surface area contributed by atoms with E-state index in [1.54, 1.807) is 17.9 Å². The predicted molar refractivity (Wildman–Crippen MR) is 374 cm³/mol. The molecule has 5 heterocycles. The molecule has 2 amide bonds. The van der Waals surface area contributed by atoms with Crippen molar-refractivity contribution in [3.63, 3.8) is 0 Å². The number of nitrogen functional groups attached to an aromatic ring is 1. The third-order valence-electron chi connectivity index (χ3n) is 13.5. The zero-order valence-corrected chi connectivity index (χ0v) is 57.9. The summed E-state index contributed by atoms with van der Waals surface area (Å²) in [4.78, 5) is 66.4. The Balaban J connectivity index is 0.000000247. The van der Waals surface area contributed by atoms with Crippen molar-refractivity contribution in [1.82, 2.24) is 49.7 Å². The van der Waals surface area contributed by atoms with Crippen LogP contribution in [0.5, 0.6) is 0 Å². The summed E-state index contributed by atoms with van der Waals surface area (Å²) in [6, 6.07) is 24.6. The molecule has 0 saturated heterocycles. The second kappa shape index (κ2) is 38.5. The van der Waals surface area contributed by atoms with Gasteiger partial charge in [0, 0.05) is 61.6 Å². The lowest BCUT2D eigenvalue weighted by molar-refractivity contribution is 0.101. The summed E-state index contributed by atoms with van der Waals surface area (Å²) < 4.78 is 1.71. The Labute approximate surface area is 566 Å². The third kappa shape index (κ3) is 21.9. The first-order valence-electron chi connectivity index (χ1n) is 29.2. The Bertz CT molecular complexity index is 3800. The molecule has 27 heteroatoms. The van der Waals surface area contributed by atoms with Crippen molar-refractivity contribution in [3.05, 3.63) is 190 Å². The van der Waals surface area contributed by atoms with Crippen LogP contribution in [-0.4, -0.2) is 80.3 Å². The summed E-state index contributed by atoms with van der Waals surface area (Å²) in [6.45, 7) is 19.4. The Morgan fingerprint density at radius 3 is 1.20 bits per heavy atom. The molecule has 0 atom stereocenters. The maximum absolute atomic E-state index is 12.7. The molecule has 5 aromatic heterocycles. The first-order chi connectivity index (χ1) is 43.5. The average Bonchev–Trinajstić information content (AvgIpc) is 1.94. The molecule has 0 aliphatic rings. The molecule has 9 N–H and O–H groups in total. The number of anilines is 6. The van der Waals surface area contributed by atoms with Gasteiger partial charge >= 0.3 is 0 Å². The van der Waals surface area contributed by atoms with E-state index in [4.69, 9.17) is 98.5 Å². The van der Waals surface area contributed by atoms with Crippen molar-refractivity contribution in [3.8, 4) is 0 Å². The molecular formula is C64H76Cl7N17O3. The fourth-order valence-corrected chi connectivity index (χ4v) is 10.1. The monoisotopic (exact) mass is 1380 g/mol. The molecule has 0 radical (unpaired) electrons. The van der Waals surface area contributed by atoms with Crippen LogP contribution in [0, 0.1) is 0 Å². The number of nitrogens with one attached hydrogen (secondary N) is 3. The van der Waals surface area contributed by atoms with E-state index < -0.39 is 5.24 Å². The number of hydrogen-bond acceptors (Lipinski definition) is 17. The Morgan fingerprint density at radius 2 is 0.824 bits per heavy atom. The summed E-state index contributed by atoms with van der Waals surface area (Å²) in [5, 5.41) is 15.5. The van der Waals surface area contributed by atoms with Crippen LogP contribution in [0.25, 0.3) is 11.0 Å². The van der Waals surface area contributed by atoms with Crippen LogP contribution >= 0.6 is 81.2 Å². The Morgan fingerprint density at radius 1 is 0.495 bits per heavy atom. The minimum atomic E-state index is -0.702. The number of hydrazine groups is 1. The van der Waals surface area contributed by atoms with Crippen molar-refractivity contribution in [1.29, 1.82) is 0 Å². The molecule has 0 saturated carbocycles. The summed E-state index contributed by atoms with van der Waals surface area (Å²) in [5.74, 6) is 6.10. The number of aromatic nitrogens is 10. The molecule has 484 valence electrons. The molecule has 9 aromatic rings. The molecule has 20 nitrogen and oxygen atoms in total. The molecule has 0 spiro atoms. The van der Waals surface area contributed by atoms with Gasteiger partial charge in [0.1, 0.15) is 15.9 Å². The van der Waals surface area contributed by atoms with Gasteiger partial charge < -0.3 is 27.4 Å². The number of halogens is 7. The number of para-hydroxylation sites is 4. The number of nitrogens with zero attached hydrogens (tertiary/aromatic N) is 11. The molecule has 0 bridgehead atoms. The predicted octanol–water partition coefficient (Wildman–Crippen LogP) is 15.4. The van der Waals surface area contributed by atoms with E-state index in [9.17, 15) is 14.4 Å². The highest BCUT2D eigenvalue weighted by Gasteiger charge is 2.21. The van der Waals surface area contributed by atoms with Crippen LogP contribution in [-0.2, 0) is 58.4 Å². The third-order valence-corrected chi connectivity index (χ3v) is 15.0. The summed E-state index contributed by atoms with van der Waals surface area (Å²) in [7, 11) is 3.44. The summed E-state index contributed by atoms with van der Waals surface area (Å²) >= 11 is 39.2. The normalized spacial score (nSPS) is 10.3. The lowest BCUT2D eigenvalue weighted by Gasteiger charge is -2.17. The van der Waals surface area contributed by atoms with Crippen molar-refractivity contribution in [2.75, 3.05) is 40.3 Å². The second-order valence-electron chi connectivity index (χ2n) is 19.4. The van der Waals surface area contributed by atoms with Crippen LogP contribution in [0.1, 0.15) is 138 Å². The lowest BCUT2D eigenvalue weighted by atomic mass is 10.0. The maximum Gasteiger partial charge on any atom is 0.261 e. The first-order valence-corrected chi connectivity index (χ1v) is 31.8. The van der Waals surface area contributed by atoms with Crippen LogP contribution in [0.2, 0.25) is 31.4 Å². The van der Waals surface area contributed by atoms with E-state index in [0.29, 0.717) is 0 Å². The topological polar surface area (TPSA) is 290 Å². The van der Waals surface area contributed by atoms with Gasteiger partial charge in [0.25, 0.3) is 17.1 Å². The highest BCUT2D eigenvalue weighted by Crippen LogP contribution is 2.31. The Hall–Kier alpha value is -7.37. The molecular weight excluding hydrogens is 1300 g/mol. The number of nitrogens with two attached hydrogens (primary N) is 3. The van der Waals surface area contributed by atoms with E-state index in [2.05, 4.69) is 139 Å². The van der Waals surface area contributed by atoms with Crippen LogP contribution in [0.4, 0.5) is 34.4 Å². The zero-order chi connectivity index (χ0) is 67.5. The summed E-state index contributed by atoms with van der Waals surface area (Å²) in [5.41, 5.74) is 25.2. The largest absolute Gasteiger partial charge is 0.398 e. The van der Waals surface area contributed by atoms with Crippen LogP contribution in [0.3, 0.4) is 0 Å². The van der Waals surface area contributed by atoms with Gasteiger partial charge in [0.2, 0.25) is 21.1 Å². The Kier molecular flexibility index (Phi) is 32.2. The van der Waals surface area contributed by atoms with E-state index in [-0.39, 0.29) is 65.8 Å². The van der Waals surface area contributed by atoms with E-state index in [1.807, 2.05) is 64.2 Å².